The van der Waals surface area contributed by atoms with Gasteiger partial charge in [-0.15, -0.1) is 11.3 Å². The van der Waals surface area contributed by atoms with Gasteiger partial charge in [0.05, 0.1) is 4.90 Å². The van der Waals surface area contributed by atoms with Crippen LogP contribution in [0.1, 0.15) is 16.0 Å². The second-order valence-electron chi connectivity index (χ2n) is 4.36. The maximum absolute atomic E-state index is 12.4. The Morgan fingerprint density at radius 3 is 2.81 bits per heavy atom. The summed E-state index contributed by atoms with van der Waals surface area (Å²) in [6.07, 6.45) is 0. The number of hydrogen-bond acceptors (Lipinski definition) is 4. The number of aliphatic hydroxyl groups excluding tert-OH is 1. The second kappa shape index (κ2) is 6.87. The maximum Gasteiger partial charge on any atom is 0.242 e. The quantitative estimate of drug-likeness (QED) is 0.845. The summed E-state index contributed by atoms with van der Waals surface area (Å²) in [7, 11) is -3.64. The van der Waals surface area contributed by atoms with E-state index < -0.39 is 10.0 Å². The molecule has 21 heavy (non-hydrogen) atoms. The van der Waals surface area contributed by atoms with Crippen LogP contribution in [0.15, 0.2) is 40.6 Å². The lowest BCUT2D eigenvalue weighted by atomic mass is 10.1. The number of rotatable bonds is 4. The molecule has 0 amide bonds. The number of nitrogens with one attached hydrogen (secondary N) is 1. The van der Waals surface area contributed by atoms with Crippen LogP contribution in [0.25, 0.3) is 0 Å². The van der Waals surface area contributed by atoms with E-state index in [0.29, 0.717) is 5.56 Å². The first-order valence-electron chi connectivity index (χ1n) is 6.25. The lowest BCUT2D eigenvalue weighted by Crippen LogP contribution is -2.23. The number of aryl methyl sites for hydroxylation is 1. The Labute approximate surface area is 128 Å². The SMILES string of the molecule is Cc1ccc(S(=O)(=O)NCc2cccs2)c(C#CCO)c1. The van der Waals surface area contributed by atoms with E-state index in [4.69, 9.17) is 5.11 Å². The van der Waals surface area contributed by atoms with E-state index in [9.17, 15) is 8.42 Å². The van der Waals surface area contributed by atoms with Gasteiger partial charge in [0, 0.05) is 17.0 Å². The molecule has 0 aliphatic heterocycles. The van der Waals surface area contributed by atoms with E-state index in [-0.39, 0.29) is 18.0 Å². The first-order chi connectivity index (χ1) is 10.0. The lowest BCUT2D eigenvalue weighted by Gasteiger charge is -2.08. The molecule has 2 rings (SSSR count). The summed E-state index contributed by atoms with van der Waals surface area (Å²) in [5.41, 5.74) is 1.30. The highest BCUT2D eigenvalue weighted by Crippen LogP contribution is 2.17. The molecule has 0 bridgehead atoms. The van der Waals surface area contributed by atoms with Gasteiger partial charge in [-0.25, -0.2) is 13.1 Å². The summed E-state index contributed by atoms with van der Waals surface area (Å²) in [5.74, 6) is 5.18. The molecule has 1 aromatic heterocycles. The number of thiophene rings is 1. The van der Waals surface area contributed by atoms with Crippen molar-refractivity contribution in [1.82, 2.24) is 4.72 Å². The minimum atomic E-state index is -3.64. The summed E-state index contributed by atoms with van der Waals surface area (Å²) >= 11 is 1.49. The van der Waals surface area contributed by atoms with Crippen LogP contribution in [0.2, 0.25) is 0 Å². The Morgan fingerprint density at radius 2 is 2.14 bits per heavy atom. The number of sulfonamides is 1. The predicted octanol–water partition coefficient (Wildman–Crippen LogP) is 1.88. The van der Waals surface area contributed by atoms with Crippen molar-refractivity contribution in [3.8, 4) is 11.8 Å². The van der Waals surface area contributed by atoms with Gasteiger partial charge in [0.1, 0.15) is 6.61 Å². The third-order valence-corrected chi connectivity index (χ3v) is 5.08. The van der Waals surface area contributed by atoms with E-state index in [2.05, 4.69) is 16.6 Å². The molecule has 0 aliphatic rings. The summed E-state index contributed by atoms with van der Waals surface area (Å²) in [5, 5.41) is 10.7. The van der Waals surface area contributed by atoms with Gasteiger partial charge in [-0.05, 0) is 36.1 Å². The van der Waals surface area contributed by atoms with Crippen molar-refractivity contribution < 1.29 is 13.5 Å². The van der Waals surface area contributed by atoms with Crippen LogP contribution in [0.3, 0.4) is 0 Å². The molecule has 1 heterocycles. The fraction of sp³-hybridized carbons (Fsp3) is 0.200. The summed E-state index contributed by atoms with van der Waals surface area (Å²) < 4.78 is 27.3. The van der Waals surface area contributed by atoms with Crippen LogP contribution in [0.5, 0.6) is 0 Å². The Kier molecular flexibility index (Phi) is 5.15. The molecular weight excluding hydrogens is 306 g/mol. The van der Waals surface area contributed by atoms with Crippen LogP contribution in [-0.2, 0) is 16.6 Å². The van der Waals surface area contributed by atoms with Crippen LogP contribution in [-0.4, -0.2) is 20.1 Å². The first kappa shape index (κ1) is 15.7. The molecular formula is C15H15NO3S2. The fourth-order valence-electron chi connectivity index (χ4n) is 1.77. The van der Waals surface area contributed by atoms with Crippen molar-refractivity contribution in [2.75, 3.05) is 6.61 Å². The number of aliphatic hydroxyl groups is 1. The average Bonchev–Trinajstić information content (AvgIpc) is 2.96. The first-order valence-corrected chi connectivity index (χ1v) is 8.61. The minimum absolute atomic E-state index is 0.130. The maximum atomic E-state index is 12.4. The van der Waals surface area contributed by atoms with Crippen LogP contribution < -0.4 is 4.72 Å². The Morgan fingerprint density at radius 1 is 1.33 bits per heavy atom. The molecule has 1 aromatic carbocycles. The largest absolute Gasteiger partial charge is 0.384 e. The number of benzene rings is 1. The fourth-order valence-corrected chi connectivity index (χ4v) is 3.65. The van der Waals surface area contributed by atoms with Crippen molar-refractivity contribution in [2.24, 2.45) is 0 Å². The van der Waals surface area contributed by atoms with Gasteiger partial charge in [0.15, 0.2) is 0 Å². The molecule has 0 fully saturated rings. The third kappa shape index (κ3) is 4.16. The zero-order chi connectivity index (χ0) is 15.3. The van der Waals surface area contributed by atoms with Crippen LogP contribution in [0, 0.1) is 18.8 Å². The van der Waals surface area contributed by atoms with Crippen molar-refractivity contribution >= 4 is 21.4 Å². The van der Waals surface area contributed by atoms with Gasteiger partial charge < -0.3 is 5.11 Å². The van der Waals surface area contributed by atoms with E-state index in [1.165, 1.54) is 17.4 Å². The second-order valence-corrected chi connectivity index (χ2v) is 7.13. The van der Waals surface area contributed by atoms with E-state index >= 15 is 0 Å². The minimum Gasteiger partial charge on any atom is -0.384 e. The molecule has 4 nitrogen and oxygen atoms in total. The standard InChI is InChI=1S/C15H15NO3S2/c1-12-6-7-15(13(10-12)4-2-8-17)21(18,19)16-11-14-5-3-9-20-14/h3,5-7,9-10,16-17H,8,11H2,1H3. The normalized spacial score (nSPS) is 11.0. The van der Waals surface area contributed by atoms with Crippen molar-refractivity contribution in [3.63, 3.8) is 0 Å². The third-order valence-electron chi connectivity index (χ3n) is 2.74. The average molecular weight is 321 g/mol. The molecule has 6 heteroatoms. The molecule has 0 unspecified atom stereocenters. The Hall–Kier alpha value is -1.65. The van der Waals surface area contributed by atoms with Gasteiger partial charge in [-0.2, -0.15) is 0 Å². The lowest BCUT2D eigenvalue weighted by molar-refractivity contribution is 0.350. The summed E-state index contributed by atoms with van der Waals surface area (Å²) in [4.78, 5) is 1.07. The topological polar surface area (TPSA) is 66.4 Å². The van der Waals surface area contributed by atoms with E-state index in [1.807, 2.05) is 24.4 Å². The highest BCUT2D eigenvalue weighted by atomic mass is 32.2. The molecule has 0 aliphatic carbocycles. The predicted molar refractivity (Wildman–Crippen MR) is 83.5 cm³/mol. The molecule has 0 radical (unpaired) electrons. The van der Waals surface area contributed by atoms with E-state index in [0.717, 1.165) is 10.4 Å². The summed E-state index contributed by atoms with van der Waals surface area (Å²) in [6, 6.07) is 8.70. The molecule has 0 saturated carbocycles. The summed E-state index contributed by atoms with van der Waals surface area (Å²) in [6.45, 7) is 1.80. The molecule has 0 spiro atoms. The van der Waals surface area contributed by atoms with Gasteiger partial charge in [-0.1, -0.05) is 24.0 Å². The smallest absolute Gasteiger partial charge is 0.242 e. The van der Waals surface area contributed by atoms with E-state index in [1.54, 1.807) is 12.1 Å². The van der Waals surface area contributed by atoms with Gasteiger partial charge in [0.2, 0.25) is 10.0 Å². The van der Waals surface area contributed by atoms with Gasteiger partial charge in [0.25, 0.3) is 0 Å². The van der Waals surface area contributed by atoms with Gasteiger partial charge >= 0.3 is 0 Å². The van der Waals surface area contributed by atoms with Crippen molar-refractivity contribution in [2.45, 2.75) is 18.4 Å². The van der Waals surface area contributed by atoms with Crippen LogP contribution >= 0.6 is 11.3 Å². The monoisotopic (exact) mass is 321 g/mol. The zero-order valence-electron chi connectivity index (χ0n) is 11.5. The highest BCUT2D eigenvalue weighted by molar-refractivity contribution is 7.89. The highest BCUT2D eigenvalue weighted by Gasteiger charge is 2.17. The Bertz CT molecular complexity index is 769. The Balaban J connectivity index is 2.30. The molecule has 0 saturated heterocycles. The van der Waals surface area contributed by atoms with Crippen LogP contribution in [0.4, 0.5) is 0 Å². The molecule has 2 N–H and O–H groups in total. The number of hydrogen-bond donors (Lipinski definition) is 2. The molecule has 2 aromatic rings. The van der Waals surface area contributed by atoms with Crippen molar-refractivity contribution in [1.29, 1.82) is 0 Å². The molecule has 0 atom stereocenters. The van der Waals surface area contributed by atoms with Gasteiger partial charge in [-0.3, -0.25) is 0 Å². The molecule has 110 valence electrons. The zero-order valence-corrected chi connectivity index (χ0v) is 13.1. The van der Waals surface area contributed by atoms with Crippen molar-refractivity contribution in [3.05, 3.63) is 51.7 Å².